The zero-order chi connectivity index (χ0) is 47.7. The van der Waals surface area contributed by atoms with Crippen LogP contribution in [0.3, 0.4) is 0 Å². The third-order valence-corrected chi connectivity index (χ3v) is 10.8. The third kappa shape index (κ3) is 7.43. The van der Waals surface area contributed by atoms with Crippen LogP contribution in [0.15, 0.2) is 115 Å². The summed E-state index contributed by atoms with van der Waals surface area (Å²) >= 11 is 0. The van der Waals surface area contributed by atoms with Crippen molar-refractivity contribution in [3.63, 3.8) is 0 Å². The summed E-state index contributed by atoms with van der Waals surface area (Å²) < 4.78 is 14.0. The highest BCUT2D eigenvalue weighted by atomic mass is 16.5. The van der Waals surface area contributed by atoms with E-state index >= 15 is 0 Å². The summed E-state index contributed by atoms with van der Waals surface area (Å²) in [6.45, 7) is 0. The Labute approximate surface area is 372 Å². The van der Waals surface area contributed by atoms with Crippen molar-refractivity contribution < 1.29 is 77.2 Å². The molecule has 6 aromatic carbocycles. The maximum absolute atomic E-state index is 12.8. The fourth-order valence-corrected chi connectivity index (χ4v) is 7.79. The van der Waals surface area contributed by atoms with Gasteiger partial charge in [-0.3, -0.25) is 28.8 Å². The van der Waals surface area contributed by atoms with Gasteiger partial charge >= 0.3 is 29.8 Å². The number of esters is 3. The number of carbonyl (C=O) groups excluding carboxylic acids is 9. The van der Waals surface area contributed by atoms with E-state index in [4.69, 9.17) is 9.84 Å². The van der Waals surface area contributed by atoms with Crippen LogP contribution in [-0.2, 0) is 14.2 Å². The van der Waals surface area contributed by atoms with E-state index in [1.165, 1.54) is 49.6 Å². The largest absolute Gasteiger partial charge is 0.478 e. The van der Waals surface area contributed by atoms with Crippen molar-refractivity contribution in [3.05, 3.63) is 210 Å². The van der Waals surface area contributed by atoms with Crippen LogP contribution in [0.4, 0.5) is 0 Å². The quantitative estimate of drug-likeness (QED) is 0.145. The first-order valence-corrected chi connectivity index (χ1v) is 19.3. The van der Waals surface area contributed by atoms with Crippen LogP contribution in [-0.4, -0.2) is 96.1 Å². The van der Waals surface area contributed by atoms with Gasteiger partial charge in [-0.05, 0) is 30.3 Å². The summed E-state index contributed by atoms with van der Waals surface area (Å²) in [5.74, 6) is -7.96. The summed E-state index contributed by atoms with van der Waals surface area (Å²) in [4.78, 5) is 134. The van der Waals surface area contributed by atoms with E-state index in [-0.39, 0.29) is 89.7 Å². The summed E-state index contributed by atoms with van der Waals surface area (Å²) in [5, 5.41) is 18.4. The van der Waals surface area contributed by atoms with Gasteiger partial charge in [0, 0.05) is 66.8 Å². The SMILES string of the molecule is COC(=O)c1ccc2c(c1C(=O)OC)C(=O)c1ccccc1C2=O.COC(=O)c1cccc2c1C(=O)c1ccccc1C2=O.O=C(O)c1ccc2c(c1C(=O)O)C(=O)c1ccccc1C2=O. The second-order valence-electron chi connectivity index (χ2n) is 14.2. The lowest BCUT2D eigenvalue weighted by molar-refractivity contribution is 0.0553. The molecule has 3 aliphatic rings. The molecule has 9 rings (SSSR count). The summed E-state index contributed by atoms with van der Waals surface area (Å²) in [5.41, 5.74) is -0.195. The molecular weight excluding hydrogens is 857 g/mol. The predicted molar refractivity (Wildman–Crippen MR) is 227 cm³/mol. The molecule has 0 saturated heterocycles. The van der Waals surface area contributed by atoms with E-state index < -0.39 is 58.3 Å². The molecule has 3 aliphatic carbocycles. The highest BCUT2D eigenvalue weighted by Crippen LogP contribution is 2.34. The average Bonchev–Trinajstić information content (AvgIpc) is 3.34. The van der Waals surface area contributed by atoms with Gasteiger partial charge in [0.2, 0.25) is 0 Å². The molecule has 0 heterocycles. The lowest BCUT2D eigenvalue weighted by Crippen LogP contribution is -2.26. The Morgan fingerprint density at radius 1 is 0.318 bits per heavy atom. The summed E-state index contributed by atoms with van der Waals surface area (Å²) in [6, 6.07) is 28.4. The van der Waals surface area contributed by atoms with Crippen LogP contribution >= 0.6 is 0 Å². The number of carboxylic acids is 2. The van der Waals surface area contributed by atoms with Gasteiger partial charge in [-0.15, -0.1) is 0 Å². The Morgan fingerprint density at radius 3 is 1.05 bits per heavy atom. The molecule has 0 amide bonds. The minimum absolute atomic E-state index is 0.0618. The van der Waals surface area contributed by atoms with Gasteiger partial charge in [-0.1, -0.05) is 84.9 Å². The normalized spacial score (nSPS) is 12.5. The lowest BCUT2D eigenvalue weighted by atomic mass is 9.80. The van der Waals surface area contributed by atoms with Gasteiger partial charge < -0.3 is 24.4 Å². The molecule has 6 aromatic rings. The van der Waals surface area contributed by atoms with Crippen molar-refractivity contribution in [2.45, 2.75) is 0 Å². The molecule has 0 unspecified atom stereocenters. The fraction of sp³-hybridized carbons (Fsp3) is 0.0600. The zero-order valence-electron chi connectivity index (χ0n) is 34.6. The Bertz CT molecular complexity index is 3230. The first kappa shape index (κ1) is 44.7. The number of rotatable bonds is 5. The Morgan fingerprint density at radius 2 is 0.652 bits per heavy atom. The standard InChI is InChI=1S/C18H12O6.C16H8O6.C16H10O4/c1-23-17(21)12-8-7-11-13(14(12)18(22)24-2)16(20)10-6-4-3-5-9(10)15(11)19;17-13-7-3-1-2-4-8(7)14(18)11-9(13)5-6-10(15(19)20)12(11)16(21)22;1-20-16(19)12-8-4-7-11-13(12)15(18)10-6-3-2-5-9(10)14(11)17/h3-8H,1-2H3;1-6H,(H,19,20)(H,21,22);2-8H,1H3. The van der Waals surface area contributed by atoms with Crippen LogP contribution in [0.5, 0.6) is 0 Å². The number of carboxylic acid groups (broad SMARTS) is 2. The zero-order valence-corrected chi connectivity index (χ0v) is 34.6. The highest BCUT2D eigenvalue weighted by molar-refractivity contribution is 6.33. The molecule has 16 heteroatoms. The first-order valence-electron chi connectivity index (χ1n) is 19.3. The van der Waals surface area contributed by atoms with Gasteiger partial charge in [0.1, 0.15) is 0 Å². The summed E-state index contributed by atoms with van der Waals surface area (Å²) in [6.07, 6.45) is 0. The molecule has 0 bridgehead atoms. The van der Waals surface area contributed by atoms with E-state index in [0.717, 1.165) is 20.3 Å². The Kier molecular flexibility index (Phi) is 12.1. The number of hydrogen-bond donors (Lipinski definition) is 2. The minimum Gasteiger partial charge on any atom is -0.478 e. The number of methoxy groups -OCH3 is 3. The first-order chi connectivity index (χ1) is 31.6. The van der Waals surface area contributed by atoms with E-state index in [0.29, 0.717) is 11.1 Å². The molecule has 66 heavy (non-hydrogen) atoms. The molecule has 0 aliphatic heterocycles. The number of ketones is 6. The molecule has 0 aromatic heterocycles. The molecular formula is C50H30O16. The van der Waals surface area contributed by atoms with E-state index in [1.54, 1.807) is 66.7 Å². The third-order valence-electron chi connectivity index (χ3n) is 10.8. The fourth-order valence-electron chi connectivity index (χ4n) is 7.79. The Balaban J connectivity index is 0.000000148. The maximum Gasteiger partial charge on any atom is 0.339 e. The van der Waals surface area contributed by atoms with Crippen molar-refractivity contribution in [2.75, 3.05) is 21.3 Å². The van der Waals surface area contributed by atoms with E-state index in [2.05, 4.69) is 9.47 Å². The van der Waals surface area contributed by atoms with Crippen LogP contribution in [0.1, 0.15) is 147 Å². The molecule has 0 fully saturated rings. The average molecular weight is 887 g/mol. The molecule has 0 radical (unpaired) electrons. The van der Waals surface area contributed by atoms with Crippen molar-refractivity contribution in [1.82, 2.24) is 0 Å². The number of aromatic carboxylic acids is 2. The van der Waals surface area contributed by atoms with Gasteiger partial charge in [-0.2, -0.15) is 0 Å². The van der Waals surface area contributed by atoms with Crippen molar-refractivity contribution in [1.29, 1.82) is 0 Å². The van der Waals surface area contributed by atoms with Crippen LogP contribution < -0.4 is 0 Å². The monoisotopic (exact) mass is 886 g/mol. The smallest absolute Gasteiger partial charge is 0.339 e. The highest BCUT2D eigenvalue weighted by Gasteiger charge is 2.38. The number of benzene rings is 6. The predicted octanol–water partition coefficient (Wildman–Crippen LogP) is 6.14. The summed E-state index contributed by atoms with van der Waals surface area (Å²) in [7, 11) is 3.53. The maximum atomic E-state index is 12.8. The van der Waals surface area contributed by atoms with E-state index in [9.17, 15) is 57.8 Å². The van der Waals surface area contributed by atoms with E-state index in [1.807, 2.05) is 0 Å². The minimum atomic E-state index is -1.56. The van der Waals surface area contributed by atoms with Crippen molar-refractivity contribution in [2.24, 2.45) is 0 Å². The molecule has 16 nitrogen and oxygen atoms in total. The molecule has 326 valence electrons. The van der Waals surface area contributed by atoms with Gasteiger partial charge in [-0.25, -0.2) is 24.0 Å². The molecule has 2 N–H and O–H groups in total. The van der Waals surface area contributed by atoms with Crippen LogP contribution in [0.2, 0.25) is 0 Å². The number of hydrogen-bond acceptors (Lipinski definition) is 14. The second-order valence-corrected chi connectivity index (χ2v) is 14.2. The number of fused-ring (bicyclic) bond motifs is 6. The second kappa shape index (κ2) is 17.8. The number of carbonyl (C=O) groups is 11. The lowest BCUT2D eigenvalue weighted by Gasteiger charge is -2.20. The van der Waals surface area contributed by atoms with Gasteiger partial charge in [0.15, 0.2) is 34.7 Å². The molecule has 0 spiro atoms. The topological polar surface area (TPSA) is 256 Å². The Hall–Kier alpha value is -9.31. The van der Waals surface area contributed by atoms with Crippen LogP contribution in [0, 0.1) is 0 Å². The van der Waals surface area contributed by atoms with Gasteiger partial charge in [0.05, 0.1) is 49.1 Å². The molecule has 0 atom stereocenters. The van der Waals surface area contributed by atoms with Crippen LogP contribution in [0.25, 0.3) is 0 Å². The van der Waals surface area contributed by atoms with Crippen molar-refractivity contribution >= 4 is 64.5 Å². The van der Waals surface area contributed by atoms with Crippen molar-refractivity contribution in [3.8, 4) is 0 Å². The van der Waals surface area contributed by atoms with Gasteiger partial charge in [0.25, 0.3) is 0 Å². The number of ether oxygens (including phenoxy) is 3. The molecule has 0 saturated carbocycles.